The Morgan fingerprint density at radius 3 is 1.73 bits per heavy atom. The third kappa shape index (κ3) is 5.81. The molecule has 0 saturated heterocycles. The Morgan fingerprint density at radius 2 is 1.23 bits per heavy atom. The van der Waals surface area contributed by atoms with Crippen molar-refractivity contribution in [3.63, 3.8) is 0 Å². The van der Waals surface area contributed by atoms with Crippen molar-refractivity contribution in [2.45, 2.75) is 31.6 Å². The van der Waals surface area contributed by atoms with Crippen molar-refractivity contribution in [3.8, 4) is 0 Å². The Balaban J connectivity index is 1.60. The van der Waals surface area contributed by atoms with Gasteiger partial charge in [0.25, 0.3) is 10.0 Å². The minimum absolute atomic E-state index is 0.226. The van der Waals surface area contributed by atoms with Gasteiger partial charge in [-0.05, 0) is 79.2 Å². The first-order valence-electron chi connectivity index (χ1n) is 9.60. The number of rotatable bonds is 6. The van der Waals surface area contributed by atoms with E-state index in [1.54, 1.807) is 48.5 Å². The van der Waals surface area contributed by atoms with Gasteiger partial charge in [0, 0.05) is 17.1 Å². The minimum atomic E-state index is -3.63. The maximum atomic E-state index is 12.5. The zero-order chi connectivity index (χ0) is 21.7. The van der Waals surface area contributed by atoms with Gasteiger partial charge >= 0.3 is 0 Å². The minimum Gasteiger partial charge on any atom is -0.332 e. The molecule has 0 amide bonds. The molecular formula is C23H25N3O2S2. The van der Waals surface area contributed by atoms with Crippen molar-refractivity contribution >= 4 is 44.4 Å². The molecule has 0 saturated carbocycles. The van der Waals surface area contributed by atoms with Gasteiger partial charge < -0.3 is 10.6 Å². The summed E-state index contributed by atoms with van der Waals surface area (Å²) < 4.78 is 27.6. The summed E-state index contributed by atoms with van der Waals surface area (Å²) in [6.45, 7) is 6.22. The Kier molecular flexibility index (Phi) is 6.74. The van der Waals surface area contributed by atoms with Crippen LogP contribution in [0.1, 0.15) is 30.9 Å². The molecule has 0 atom stereocenters. The normalized spacial score (nSPS) is 11.2. The first kappa shape index (κ1) is 21.8. The van der Waals surface area contributed by atoms with Crippen LogP contribution in [0.3, 0.4) is 0 Å². The van der Waals surface area contributed by atoms with E-state index in [0.717, 1.165) is 16.9 Å². The molecule has 0 heterocycles. The monoisotopic (exact) mass is 439 g/mol. The molecular weight excluding hydrogens is 414 g/mol. The molecule has 3 aromatic rings. The van der Waals surface area contributed by atoms with Gasteiger partial charge in [-0.2, -0.15) is 0 Å². The van der Waals surface area contributed by atoms with Crippen molar-refractivity contribution < 1.29 is 8.42 Å². The van der Waals surface area contributed by atoms with E-state index >= 15 is 0 Å². The number of hydrogen-bond donors (Lipinski definition) is 3. The van der Waals surface area contributed by atoms with Crippen LogP contribution >= 0.6 is 12.2 Å². The Morgan fingerprint density at radius 1 is 0.767 bits per heavy atom. The molecule has 5 nitrogen and oxygen atoms in total. The third-order valence-corrected chi connectivity index (χ3v) is 6.16. The number of sulfonamides is 1. The van der Waals surface area contributed by atoms with Crippen LogP contribution in [0.4, 0.5) is 17.1 Å². The van der Waals surface area contributed by atoms with E-state index in [1.165, 1.54) is 5.56 Å². The smallest absolute Gasteiger partial charge is 0.261 e. The maximum Gasteiger partial charge on any atom is 0.261 e. The summed E-state index contributed by atoms with van der Waals surface area (Å²) in [6.07, 6.45) is 0. The summed E-state index contributed by atoms with van der Waals surface area (Å²) >= 11 is 5.36. The summed E-state index contributed by atoms with van der Waals surface area (Å²) in [5.74, 6) is 0.478. The van der Waals surface area contributed by atoms with Gasteiger partial charge in [0.1, 0.15) is 0 Å². The molecule has 3 aromatic carbocycles. The largest absolute Gasteiger partial charge is 0.332 e. The predicted molar refractivity (Wildman–Crippen MR) is 129 cm³/mol. The lowest BCUT2D eigenvalue weighted by Crippen LogP contribution is -2.19. The van der Waals surface area contributed by atoms with Gasteiger partial charge in [-0.25, -0.2) is 8.42 Å². The van der Waals surface area contributed by atoms with Gasteiger partial charge in [-0.15, -0.1) is 0 Å². The quantitative estimate of drug-likeness (QED) is 0.428. The first-order valence-corrected chi connectivity index (χ1v) is 11.5. The van der Waals surface area contributed by atoms with Crippen molar-refractivity contribution in [1.82, 2.24) is 0 Å². The van der Waals surface area contributed by atoms with Crippen LogP contribution < -0.4 is 15.4 Å². The lowest BCUT2D eigenvalue weighted by Gasteiger charge is -2.13. The number of thiocarbonyl (C=S) groups is 1. The van der Waals surface area contributed by atoms with Gasteiger partial charge in [-0.1, -0.05) is 43.7 Å². The SMILES string of the molecule is Cc1ccc(S(=O)(=O)Nc2ccc(NC(=S)Nc3ccc(C(C)C)cc3)cc2)cc1. The number of benzene rings is 3. The summed E-state index contributed by atoms with van der Waals surface area (Å²) in [5, 5.41) is 6.70. The van der Waals surface area contributed by atoms with Crippen molar-refractivity contribution in [2.75, 3.05) is 15.4 Å². The van der Waals surface area contributed by atoms with E-state index in [2.05, 4.69) is 41.3 Å². The molecule has 7 heteroatoms. The molecule has 0 unspecified atom stereocenters. The number of aryl methyl sites for hydroxylation is 1. The summed E-state index contributed by atoms with van der Waals surface area (Å²) in [5.41, 5.74) is 4.40. The standard InChI is InChI=1S/C23H25N3O2S2/c1-16(2)18-6-8-19(9-7-18)24-23(29)25-20-10-12-21(13-11-20)26-30(27,28)22-14-4-17(3)5-15-22/h4-16,26H,1-3H3,(H2,24,25,29). The van der Waals surface area contributed by atoms with Crippen LogP contribution in [0.25, 0.3) is 0 Å². The molecule has 30 heavy (non-hydrogen) atoms. The molecule has 0 aromatic heterocycles. The Bertz CT molecular complexity index is 1110. The number of nitrogens with one attached hydrogen (secondary N) is 3. The third-order valence-electron chi connectivity index (χ3n) is 4.56. The Hall–Kier alpha value is -2.90. The van der Waals surface area contributed by atoms with Gasteiger partial charge in [0.05, 0.1) is 4.90 Å². The molecule has 0 spiro atoms. The van der Waals surface area contributed by atoms with Crippen molar-refractivity contribution in [1.29, 1.82) is 0 Å². The van der Waals surface area contributed by atoms with Gasteiger partial charge in [0.2, 0.25) is 0 Å². The molecule has 3 rings (SSSR count). The van der Waals surface area contributed by atoms with Crippen LogP contribution in [-0.2, 0) is 10.0 Å². The van der Waals surface area contributed by atoms with Crippen molar-refractivity contribution in [2.24, 2.45) is 0 Å². The highest BCUT2D eigenvalue weighted by Gasteiger charge is 2.13. The highest BCUT2D eigenvalue weighted by molar-refractivity contribution is 7.92. The van der Waals surface area contributed by atoms with Crippen LogP contribution in [0.15, 0.2) is 77.7 Å². The van der Waals surface area contributed by atoms with Crippen molar-refractivity contribution in [3.05, 3.63) is 83.9 Å². The van der Waals surface area contributed by atoms with E-state index in [-0.39, 0.29) is 4.90 Å². The zero-order valence-electron chi connectivity index (χ0n) is 17.1. The average molecular weight is 440 g/mol. The fraction of sp³-hybridized carbons (Fsp3) is 0.174. The van der Waals surface area contributed by atoms with Gasteiger partial charge in [0.15, 0.2) is 5.11 Å². The topological polar surface area (TPSA) is 70.2 Å². The average Bonchev–Trinajstić information content (AvgIpc) is 2.70. The lowest BCUT2D eigenvalue weighted by atomic mass is 10.0. The maximum absolute atomic E-state index is 12.5. The molecule has 0 radical (unpaired) electrons. The van der Waals surface area contributed by atoms with E-state index in [4.69, 9.17) is 12.2 Å². The second kappa shape index (κ2) is 9.28. The second-order valence-corrected chi connectivity index (χ2v) is 9.44. The molecule has 0 fully saturated rings. The Labute approximate surface area is 183 Å². The van der Waals surface area contributed by atoms with E-state index in [9.17, 15) is 8.42 Å². The van der Waals surface area contributed by atoms with Crippen LogP contribution in [0.5, 0.6) is 0 Å². The highest BCUT2D eigenvalue weighted by atomic mass is 32.2. The second-order valence-electron chi connectivity index (χ2n) is 7.35. The summed E-state index contributed by atoms with van der Waals surface area (Å²) in [6, 6.07) is 21.8. The van der Waals surface area contributed by atoms with E-state index < -0.39 is 10.0 Å². The first-order chi connectivity index (χ1) is 14.2. The molecule has 156 valence electrons. The van der Waals surface area contributed by atoms with E-state index in [0.29, 0.717) is 16.7 Å². The molecule has 0 aliphatic heterocycles. The molecule has 0 bridgehead atoms. The molecule has 0 aliphatic carbocycles. The lowest BCUT2D eigenvalue weighted by molar-refractivity contribution is 0.601. The molecule has 3 N–H and O–H groups in total. The zero-order valence-corrected chi connectivity index (χ0v) is 18.8. The molecule has 0 aliphatic rings. The fourth-order valence-corrected chi connectivity index (χ4v) is 4.09. The summed E-state index contributed by atoms with van der Waals surface area (Å²) in [4.78, 5) is 0.226. The summed E-state index contributed by atoms with van der Waals surface area (Å²) in [7, 11) is -3.63. The van der Waals surface area contributed by atoms with Gasteiger partial charge in [-0.3, -0.25) is 4.72 Å². The van der Waals surface area contributed by atoms with Crippen LogP contribution in [0, 0.1) is 6.92 Å². The highest BCUT2D eigenvalue weighted by Crippen LogP contribution is 2.20. The number of anilines is 3. The predicted octanol–water partition coefficient (Wildman–Crippen LogP) is 5.73. The number of hydrogen-bond acceptors (Lipinski definition) is 3. The van der Waals surface area contributed by atoms with E-state index in [1.807, 2.05) is 19.1 Å². The van der Waals surface area contributed by atoms with Crippen LogP contribution in [-0.4, -0.2) is 13.5 Å². The van der Waals surface area contributed by atoms with Crippen LogP contribution in [0.2, 0.25) is 0 Å². The fourth-order valence-electron chi connectivity index (χ4n) is 2.80.